The number of rotatable bonds is 3. The molecule has 2 aromatic carbocycles. The van der Waals surface area contributed by atoms with Crippen molar-refractivity contribution in [3.05, 3.63) is 77.5 Å². The number of hydrogen-bond donors (Lipinski definition) is 1. The Balaban J connectivity index is 1.91. The fraction of sp³-hybridized carbons (Fsp3) is 0.118. The predicted molar refractivity (Wildman–Crippen MR) is 78.7 cm³/mol. The quantitative estimate of drug-likeness (QED) is 0.795. The minimum atomic E-state index is -0.764. The Hall–Kier alpha value is -2.33. The number of hydrogen-bond acceptors (Lipinski definition) is 2. The summed E-state index contributed by atoms with van der Waals surface area (Å²) < 4.78 is 27.4. The monoisotopic (exact) mass is 284 g/mol. The van der Waals surface area contributed by atoms with Crippen LogP contribution in [0.15, 0.2) is 54.6 Å². The first-order chi connectivity index (χ1) is 10.1. The third-order valence-corrected chi connectivity index (χ3v) is 3.46. The first-order valence-corrected chi connectivity index (χ1v) is 6.69. The summed E-state index contributed by atoms with van der Waals surface area (Å²) in [4.78, 5) is 4.48. The number of aromatic nitrogens is 1. The molecule has 2 N–H and O–H groups in total. The highest BCUT2D eigenvalue weighted by Gasteiger charge is 2.17. The van der Waals surface area contributed by atoms with Gasteiger partial charge in [0.05, 0.1) is 5.52 Å². The Labute approximate surface area is 121 Å². The van der Waals surface area contributed by atoms with Crippen molar-refractivity contribution in [2.45, 2.75) is 12.5 Å². The summed E-state index contributed by atoms with van der Waals surface area (Å²) in [5, 5.41) is 1.02. The third kappa shape index (κ3) is 2.76. The van der Waals surface area contributed by atoms with E-state index in [9.17, 15) is 8.78 Å². The van der Waals surface area contributed by atoms with E-state index in [1.54, 1.807) is 0 Å². The molecule has 1 aromatic heterocycles. The average Bonchev–Trinajstić information content (AvgIpc) is 2.47. The van der Waals surface area contributed by atoms with Crippen LogP contribution >= 0.6 is 0 Å². The molecule has 0 aliphatic rings. The maximum Gasteiger partial charge on any atom is 0.130 e. The van der Waals surface area contributed by atoms with Crippen LogP contribution in [0, 0.1) is 11.6 Å². The van der Waals surface area contributed by atoms with Crippen molar-refractivity contribution >= 4 is 10.9 Å². The van der Waals surface area contributed by atoms with Gasteiger partial charge in [-0.1, -0.05) is 30.3 Å². The van der Waals surface area contributed by atoms with E-state index < -0.39 is 17.7 Å². The number of fused-ring (bicyclic) bond motifs is 1. The highest BCUT2D eigenvalue weighted by molar-refractivity contribution is 5.78. The van der Waals surface area contributed by atoms with E-state index in [2.05, 4.69) is 4.98 Å². The van der Waals surface area contributed by atoms with Gasteiger partial charge in [-0.15, -0.1) is 0 Å². The second kappa shape index (κ2) is 5.58. The van der Waals surface area contributed by atoms with Crippen LogP contribution < -0.4 is 5.73 Å². The molecule has 3 rings (SSSR count). The first kappa shape index (κ1) is 13.6. The number of benzene rings is 2. The largest absolute Gasteiger partial charge is 0.323 e. The number of nitrogens with zero attached hydrogens (tertiary/aromatic N) is 1. The zero-order valence-electron chi connectivity index (χ0n) is 11.3. The van der Waals surface area contributed by atoms with E-state index in [1.165, 1.54) is 18.2 Å². The van der Waals surface area contributed by atoms with Gasteiger partial charge in [0.25, 0.3) is 0 Å². The van der Waals surface area contributed by atoms with Crippen LogP contribution in [0.5, 0.6) is 0 Å². The molecule has 0 aliphatic heterocycles. The number of nitrogens with two attached hydrogens (primary N) is 1. The summed E-state index contributed by atoms with van der Waals surface area (Å²) in [6.45, 7) is 0. The molecule has 0 bridgehead atoms. The average molecular weight is 284 g/mol. The lowest BCUT2D eigenvalue weighted by atomic mass is 10.0. The lowest BCUT2D eigenvalue weighted by Crippen LogP contribution is -2.17. The predicted octanol–water partition coefficient (Wildman–Crippen LogP) is 3.76. The number of halogens is 2. The van der Waals surface area contributed by atoms with Crippen molar-refractivity contribution in [3.63, 3.8) is 0 Å². The lowest BCUT2D eigenvalue weighted by molar-refractivity contribution is 0.523. The lowest BCUT2D eigenvalue weighted by Gasteiger charge is -2.13. The van der Waals surface area contributed by atoms with Crippen molar-refractivity contribution in [3.8, 4) is 0 Å². The molecule has 0 saturated carbocycles. The Kier molecular flexibility index (Phi) is 3.62. The fourth-order valence-corrected chi connectivity index (χ4v) is 2.41. The van der Waals surface area contributed by atoms with Gasteiger partial charge in [0.2, 0.25) is 0 Å². The third-order valence-electron chi connectivity index (χ3n) is 3.46. The van der Waals surface area contributed by atoms with E-state index in [4.69, 9.17) is 5.73 Å². The molecule has 0 spiro atoms. The fourth-order valence-electron chi connectivity index (χ4n) is 2.41. The molecule has 0 aliphatic carbocycles. The van der Waals surface area contributed by atoms with E-state index >= 15 is 0 Å². The van der Waals surface area contributed by atoms with Crippen LogP contribution in [-0.4, -0.2) is 4.98 Å². The zero-order valence-corrected chi connectivity index (χ0v) is 11.3. The van der Waals surface area contributed by atoms with Gasteiger partial charge in [0.1, 0.15) is 11.6 Å². The number of para-hydroxylation sites is 1. The van der Waals surface area contributed by atoms with Gasteiger partial charge in [0.15, 0.2) is 0 Å². The van der Waals surface area contributed by atoms with Crippen LogP contribution in [0.25, 0.3) is 10.9 Å². The Morgan fingerprint density at radius 3 is 2.38 bits per heavy atom. The minimum Gasteiger partial charge on any atom is -0.323 e. The highest BCUT2D eigenvalue weighted by Crippen LogP contribution is 2.22. The van der Waals surface area contributed by atoms with Crippen molar-refractivity contribution < 1.29 is 8.78 Å². The van der Waals surface area contributed by atoms with Crippen LogP contribution in [0.4, 0.5) is 8.78 Å². The first-order valence-electron chi connectivity index (χ1n) is 6.69. The normalized spacial score (nSPS) is 12.5. The van der Waals surface area contributed by atoms with Gasteiger partial charge >= 0.3 is 0 Å². The van der Waals surface area contributed by atoms with E-state index in [1.807, 2.05) is 36.4 Å². The molecule has 4 heteroatoms. The highest BCUT2D eigenvalue weighted by atomic mass is 19.1. The molecule has 2 nitrogen and oxygen atoms in total. The van der Waals surface area contributed by atoms with Crippen LogP contribution in [0.3, 0.4) is 0 Å². The van der Waals surface area contributed by atoms with Gasteiger partial charge in [0, 0.05) is 29.1 Å². The maximum atomic E-state index is 13.7. The summed E-state index contributed by atoms with van der Waals surface area (Å²) in [6.07, 6.45) is 0.280. The van der Waals surface area contributed by atoms with E-state index in [0.29, 0.717) is 5.69 Å². The van der Waals surface area contributed by atoms with E-state index in [0.717, 1.165) is 10.9 Å². The van der Waals surface area contributed by atoms with Gasteiger partial charge < -0.3 is 5.73 Å². The summed E-state index contributed by atoms with van der Waals surface area (Å²) in [6, 6.07) is 14.5. The van der Waals surface area contributed by atoms with Gasteiger partial charge in [-0.25, -0.2) is 8.78 Å². The zero-order chi connectivity index (χ0) is 14.8. The Bertz CT molecular complexity index is 766. The smallest absolute Gasteiger partial charge is 0.130 e. The van der Waals surface area contributed by atoms with Crippen molar-refractivity contribution in [2.24, 2.45) is 5.73 Å². The SMILES string of the molecule is NC(Cc1ccc2ccccc2n1)c1c(F)cccc1F. The van der Waals surface area contributed by atoms with Gasteiger partial charge in [-0.2, -0.15) is 0 Å². The molecule has 1 atom stereocenters. The van der Waals surface area contributed by atoms with Crippen LogP contribution in [0.2, 0.25) is 0 Å². The minimum absolute atomic E-state index is 0.0903. The summed E-state index contributed by atoms with van der Waals surface area (Å²) in [7, 11) is 0. The molecule has 3 aromatic rings. The van der Waals surface area contributed by atoms with Crippen LogP contribution in [-0.2, 0) is 6.42 Å². The second-order valence-electron chi connectivity index (χ2n) is 4.94. The maximum absolute atomic E-state index is 13.7. The molecule has 1 heterocycles. The van der Waals surface area contributed by atoms with Crippen molar-refractivity contribution in [2.75, 3.05) is 0 Å². The molecule has 21 heavy (non-hydrogen) atoms. The molecule has 0 radical (unpaired) electrons. The molecule has 1 unspecified atom stereocenters. The van der Waals surface area contributed by atoms with Crippen molar-refractivity contribution in [1.82, 2.24) is 4.98 Å². The van der Waals surface area contributed by atoms with Gasteiger partial charge in [-0.05, 0) is 24.3 Å². The number of pyridine rings is 1. The van der Waals surface area contributed by atoms with Crippen LogP contribution in [0.1, 0.15) is 17.3 Å². The topological polar surface area (TPSA) is 38.9 Å². The van der Waals surface area contributed by atoms with Gasteiger partial charge in [-0.3, -0.25) is 4.98 Å². The summed E-state index contributed by atoms with van der Waals surface area (Å²) in [5.41, 5.74) is 7.42. The molecular weight excluding hydrogens is 270 g/mol. The molecule has 0 saturated heterocycles. The second-order valence-corrected chi connectivity index (χ2v) is 4.94. The molecule has 106 valence electrons. The Morgan fingerprint density at radius 1 is 0.905 bits per heavy atom. The standard InChI is InChI=1S/C17H14F2N2/c18-13-5-3-6-14(19)17(13)15(20)10-12-9-8-11-4-1-2-7-16(11)21-12/h1-9,15H,10,20H2. The summed E-state index contributed by atoms with van der Waals surface area (Å²) >= 11 is 0. The van der Waals surface area contributed by atoms with Crippen molar-refractivity contribution in [1.29, 1.82) is 0 Å². The Morgan fingerprint density at radius 2 is 1.62 bits per heavy atom. The molecular formula is C17H14F2N2. The molecule has 0 fully saturated rings. The van der Waals surface area contributed by atoms with E-state index in [-0.39, 0.29) is 12.0 Å². The summed E-state index contributed by atoms with van der Waals surface area (Å²) in [5.74, 6) is -1.24. The molecule has 0 amide bonds.